The molecule has 10 nitrogen and oxygen atoms in total. The molecule has 0 spiro atoms. The Hall–Kier alpha value is -4.25. The standard InChI is InChI=1S/C27H31N3O7S/c1-18-7-10-21(11-8-18)30(38(32,33)22-12-14-24(35-4)26(16-22)37-6)17-27(31)29-28-19(2)20-9-13-23(34-3)25(15-20)36-5/h7-16H,17H2,1-6H3,(H,29,31)/b28-19-. The van der Waals surface area contributed by atoms with Crippen LogP contribution in [0.15, 0.2) is 70.7 Å². The number of nitrogens with one attached hydrogen (secondary N) is 1. The molecule has 3 aromatic carbocycles. The maximum absolute atomic E-state index is 13.7. The first-order valence-corrected chi connectivity index (χ1v) is 13.0. The number of sulfonamides is 1. The van der Waals surface area contributed by atoms with E-state index in [4.69, 9.17) is 18.9 Å². The molecule has 0 unspecified atom stereocenters. The lowest BCUT2D eigenvalue weighted by molar-refractivity contribution is -0.119. The number of aryl methyl sites for hydroxylation is 1. The van der Waals surface area contributed by atoms with Crippen LogP contribution in [0.2, 0.25) is 0 Å². The van der Waals surface area contributed by atoms with Crippen molar-refractivity contribution in [2.24, 2.45) is 5.10 Å². The molecular formula is C27H31N3O7S. The molecule has 202 valence electrons. The summed E-state index contributed by atoms with van der Waals surface area (Å²) in [6.07, 6.45) is 0. The van der Waals surface area contributed by atoms with Crippen molar-refractivity contribution < 1.29 is 32.2 Å². The second-order valence-electron chi connectivity index (χ2n) is 8.17. The molecule has 0 heterocycles. The third kappa shape index (κ3) is 6.35. The third-order valence-corrected chi connectivity index (χ3v) is 7.47. The Morgan fingerprint density at radius 2 is 1.37 bits per heavy atom. The summed E-state index contributed by atoms with van der Waals surface area (Å²) in [5, 5.41) is 4.15. The van der Waals surface area contributed by atoms with Gasteiger partial charge in [0.1, 0.15) is 6.54 Å². The van der Waals surface area contributed by atoms with E-state index in [9.17, 15) is 13.2 Å². The molecule has 3 aromatic rings. The van der Waals surface area contributed by atoms with Crippen LogP contribution in [0.5, 0.6) is 23.0 Å². The minimum absolute atomic E-state index is 0.0615. The molecule has 0 atom stereocenters. The Labute approximate surface area is 222 Å². The first kappa shape index (κ1) is 28.3. The van der Waals surface area contributed by atoms with Gasteiger partial charge in [0, 0.05) is 11.6 Å². The van der Waals surface area contributed by atoms with Gasteiger partial charge in [-0.1, -0.05) is 17.7 Å². The van der Waals surface area contributed by atoms with Crippen molar-refractivity contribution in [2.45, 2.75) is 18.7 Å². The largest absolute Gasteiger partial charge is 0.493 e. The number of nitrogens with zero attached hydrogens (tertiary/aromatic N) is 2. The van der Waals surface area contributed by atoms with Crippen LogP contribution in [-0.2, 0) is 14.8 Å². The SMILES string of the molecule is COc1ccc(/C(C)=N\NC(=O)CN(c2ccc(C)cc2)S(=O)(=O)c2ccc(OC)c(OC)c2)cc1OC. The van der Waals surface area contributed by atoms with E-state index in [0.29, 0.717) is 34.2 Å². The molecule has 11 heteroatoms. The van der Waals surface area contributed by atoms with E-state index in [-0.39, 0.29) is 10.6 Å². The summed E-state index contributed by atoms with van der Waals surface area (Å²) in [5.74, 6) is 1.07. The topological polar surface area (TPSA) is 116 Å². The van der Waals surface area contributed by atoms with E-state index in [2.05, 4.69) is 10.5 Å². The van der Waals surface area contributed by atoms with Gasteiger partial charge in [0.05, 0.1) is 44.7 Å². The number of ether oxygens (including phenoxy) is 4. The lowest BCUT2D eigenvalue weighted by atomic mass is 10.1. The zero-order valence-corrected chi connectivity index (χ0v) is 23.0. The average Bonchev–Trinajstić information content (AvgIpc) is 2.94. The first-order chi connectivity index (χ1) is 18.1. The fourth-order valence-electron chi connectivity index (χ4n) is 3.57. The van der Waals surface area contributed by atoms with Gasteiger partial charge in [-0.3, -0.25) is 9.10 Å². The quantitative estimate of drug-likeness (QED) is 0.290. The van der Waals surface area contributed by atoms with E-state index in [1.54, 1.807) is 49.4 Å². The van der Waals surface area contributed by atoms with Crippen molar-refractivity contribution in [3.05, 3.63) is 71.8 Å². The lowest BCUT2D eigenvalue weighted by Gasteiger charge is -2.24. The molecule has 1 amide bonds. The zero-order chi connectivity index (χ0) is 27.9. The number of amides is 1. The van der Waals surface area contributed by atoms with Crippen LogP contribution in [0.25, 0.3) is 0 Å². The molecule has 38 heavy (non-hydrogen) atoms. The highest BCUT2D eigenvalue weighted by atomic mass is 32.2. The van der Waals surface area contributed by atoms with Crippen LogP contribution in [0.3, 0.4) is 0 Å². The Morgan fingerprint density at radius 1 is 0.816 bits per heavy atom. The lowest BCUT2D eigenvalue weighted by Crippen LogP contribution is -2.39. The van der Waals surface area contributed by atoms with Gasteiger partial charge >= 0.3 is 0 Å². The Kier molecular flexibility index (Phi) is 9.19. The number of carbonyl (C=O) groups excluding carboxylic acids is 1. The molecule has 0 fully saturated rings. The predicted octanol–water partition coefficient (Wildman–Crippen LogP) is 3.77. The van der Waals surface area contributed by atoms with Crippen molar-refractivity contribution in [2.75, 3.05) is 39.3 Å². The molecule has 0 saturated heterocycles. The number of hydrazone groups is 1. The molecule has 0 aliphatic rings. The highest BCUT2D eigenvalue weighted by Crippen LogP contribution is 2.32. The predicted molar refractivity (Wildman–Crippen MR) is 145 cm³/mol. The molecular weight excluding hydrogens is 510 g/mol. The highest BCUT2D eigenvalue weighted by Gasteiger charge is 2.28. The maximum atomic E-state index is 13.7. The summed E-state index contributed by atoms with van der Waals surface area (Å²) >= 11 is 0. The normalized spacial score (nSPS) is 11.5. The summed E-state index contributed by atoms with van der Waals surface area (Å²) in [4.78, 5) is 12.9. The van der Waals surface area contributed by atoms with E-state index in [1.807, 2.05) is 6.92 Å². The number of rotatable bonds is 11. The Balaban J connectivity index is 1.90. The fourth-order valence-corrected chi connectivity index (χ4v) is 5.01. The van der Waals surface area contributed by atoms with E-state index in [1.165, 1.54) is 46.6 Å². The van der Waals surface area contributed by atoms with Crippen LogP contribution in [0, 0.1) is 6.92 Å². The minimum atomic E-state index is -4.17. The van der Waals surface area contributed by atoms with Crippen LogP contribution >= 0.6 is 0 Å². The molecule has 0 saturated carbocycles. The molecule has 1 N–H and O–H groups in total. The van der Waals surface area contributed by atoms with E-state index >= 15 is 0 Å². The minimum Gasteiger partial charge on any atom is -0.493 e. The summed E-state index contributed by atoms with van der Waals surface area (Å²) in [7, 11) is 1.76. The van der Waals surface area contributed by atoms with Crippen molar-refractivity contribution >= 4 is 27.3 Å². The average molecular weight is 542 g/mol. The van der Waals surface area contributed by atoms with Gasteiger partial charge in [-0.15, -0.1) is 0 Å². The van der Waals surface area contributed by atoms with Gasteiger partial charge in [-0.25, -0.2) is 13.8 Å². The van der Waals surface area contributed by atoms with E-state index < -0.39 is 22.5 Å². The van der Waals surface area contributed by atoms with Gasteiger partial charge in [-0.2, -0.15) is 5.10 Å². The Morgan fingerprint density at radius 3 is 1.95 bits per heavy atom. The van der Waals surface area contributed by atoms with Crippen LogP contribution < -0.4 is 28.7 Å². The molecule has 0 bridgehead atoms. The van der Waals surface area contributed by atoms with Gasteiger partial charge in [-0.05, 0) is 56.3 Å². The second kappa shape index (κ2) is 12.3. The number of methoxy groups -OCH3 is 4. The van der Waals surface area contributed by atoms with Gasteiger partial charge in [0.2, 0.25) is 0 Å². The number of hydrogen-bond acceptors (Lipinski definition) is 8. The molecule has 0 aliphatic heterocycles. The summed E-state index contributed by atoms with van der Waals surface area (Å²) in [5.41, 5.74) is 4.89. The third-order valence-electron chi connectivity index (χ3n) is 5.70. The Bertz CT molecular complexity index is 1420. The zero-order valence-electron chi connectivity index (χ0n) is 22.1. The van der Waals surface area contributed by atoms with Crippen LogP contribution in [0.1, 0.15) is 18.1 Å². The first-order valence-electron chi connectivity index (χ1n) is 11.5. The molecule has 3 rings (SSSR count). The monoisotopic (exact) mass is 541 g/mol. The number of anilines is 1. The maximum Gasteiger partial charge on any atom is 0.264 e. The van der Waals surface area contributed by atoms with Gasteiger partial charge in [0.25, 0.3) is 15.9 Å². The van der Waals surface area contributed by atoms with Crippen LogP contribution in [0.4, 0.5) is 5.69 Å². The molecule has 0 aliphatic carbocycles. The number of carbonyl (C=O) groups is 1. The molecule has 0 aromatic heterocycles. The number of hydrogen-bond donors (Lipinski definition) is 1. The summed E-state index contributed by atoms with van der Waals surface area (Å²) in [6, 6.07) is 16.3. The van der Waals surface area contributed by atoms with Crippen molar-refractivity contribution in [1.82, 2.24) is 5.43 Å². The number of benzene rings is 3. The fraction of sp³-hybridized carbons (Fsp3) is 0.259. The molecule has 0 radical (unpaired) electrons. The van der Waals surface area contributed by atoms with Crippen molar-refractivity contribution in [3.63, 3.8) is 0 Å². The van der Waals surface area contributed by atoms with Gasteiger partial charge in [0.15, 0.2) is 23.0 Å². The van der Waals surface area contributed by atoms with Crippen LogP contribution in [-0.4, -0.2) is 55.0 Å². The van der Waals surface area contributed by atoms with Gasteiger partial charge < -0.3 is 18.9 Å². The van der Waals surface area contributed by atoms with E-state index in [0.717, 1.165) is 9.87 Å². The highest BCUT2D eigenvalue weighted by molar-refractivity contribution is 7.92. The second-order valence-corrected chi connectivity index (χ2v) is 10.0. The van der Waals surface area contributed by atoms with Crippen molar-refractivity contribution in [3.8, 4) is 23.0 Å². The summed E-state index contributed by atoms with van der Waals surface area (Å²) < 4.78 is 49.5. The summed E-state index contributed by atoms with van der Waals surface area (Å²) in [6.45, 7) is 3.08. The smallest absolute Gasteiger partial charge is 0.264 e. The van der Waals surface area contributed by atoms with Crippen molar-refractivity contribution in [1.29, 1.82) is 0 Å².